The zero-order chi connectivity index (χ0) is 22.5. The normalized spacial score (nSPS) is 14.3. The molecule has 1 aromatic heterocycles. The van der Waals surface area contributed by atoms with Crippen LogP contribution in [0.4, 0.5) is 5.69 Å². The molecule has 3 amide bonds. The fourth-order valence-electron chi connectivity index (χ4n) is 3.79. The third-order valence-corrected chi connectivity index (χ3v) is 6.35. The summed E-state index contributed by atoms with van der Waals surface area (Å²) in [4.78, 5) is 39.9. The Balaban J connectivity index is 1.23. The van der Waals surface area contributed by atoms with Crippen molar-refractivity contribution in [3.63, 3.8) is 0 Å². The first-order chi connectivity index (χ1) is 15.5. The van der Waals surface area contributed by atoms with Crippen molar-refractivity contribution in [2.24, 2.45) is 5.92 Å². The number of carbonyl (C=O) groups is 3. The van der Waals surface area contributed by atoms with Gasteiger partial charge < -0.3 is 20.0 Å². The Hall–Kier alpha value is -3.26. The van der Waals surface area contributed by atoms with E-state index < -0.39 is 11.8 Å². The van der Waals surface area contributed by atoms with E-state index in [9.17, 15) is 14.4 Å². The minimum atomic E-state index is -0.680. The lowest BCUT2D eigenvalue weighted by Gasteiger charge is -2.31. The van der Waals surface area contributed by atoms with Gasteiger partial charge in [0, 0.05) is 35.6 Å². The quantitative estimate of drug-likeness (QED) is 0.455. The van der Waals surface area contributed by atoms with Gasteiger partial charge in [0.2, 0.25) is 0 Å². The molecule has 1 aliphatic rings. The summed E-state index contributed by atoms with van der Waals surface area (Å²) in [6.07, 6.45) is 3.45. The third-order valence-electron chi connectivity index (χ3n) is 5.62. The summed E-state index contributed by atoms with van der Waals surface area (Å²) in [5.74, 6) is -0.886. The number of benzene rings is 2. The van der Waals surface area contributed by atoms with E-state index in [4.69, 9.17) is 4.42 Å². The summed E-state index contributed by atoms with van der Waals surface area (Å²) in [6, 6.07) is 16.7. The van der Waals surface area contributed by atoms with Crippen LogP contribution in [0.3, 0.4) is 0 Å². The highest BCUT2D eigenvalue weighted by molar-refractivity contribution is 7.98. The molecular formula is C24H25N3O4S. The number of anilines is 1. The van der Waals surface area contributed by atoms with E-state index in [-0.39, 0.29) is 11.8 Å². The van der Waals surface area contributed by atoms with Gasteiger partial charge in [-0.2, -0.15) is 0 Å². The standard InChI is InChI=1S/C24H25N3O4S/c1-32-19-7-4-6-18(14-19)26-23(29)22(28)25-15-16-9-11-27(12-10-16)24(30)21-13-17-5-2-3-8-20(17)31-21/h2-8,13-14,16H,9-12,15H2,1H3,(H,25,28)(H,26,29). The molecule has 1 fully saturated rings. The second-order valence-corrected chi connectivity index (χ2v) is 8.66. The summed E-state index contributed by atoms with van der Waals surface area (Å²) in [7, 11) is 0. The Bertz CT molecular complexity index is 1100. The highest BCUT2D eigenvalue weighted by atomic mass is 32.2. The lowest BCUT2D eigenvalue weighted by molar-refractivity contribution is -0.136. The van der Waals surface area contributed by atoms with Gasteiger partial charge in [-0.15, -0.1) is 11.8 Å². The third kappa shape index (κ3) is 5.13. The van der Waals surface area contributed by atoms with Crippen molar-refractivity contribution in [2.45, 2.75) is 17.7 Å². The average Bonchev–Trinajstić information content (AvgIpc) is 3.27. The second kappa shape index (κ2) is 9.91. The first-order valence-electron chi connectivity index (χ1n) is 10.5. The van der Waals surface area contributed by atoms with Crippen LogP contribution in [0.15, 0.2) is 63.9 Å². The van der Waals surface area contributed by atoms with Crippen molar-refractivity contribution in [2.75, 3.05) is 31.2 Å². The lowest BCUT2D eigenvalue weighted by atomic mass is 9.96. The molecule has 0 atom stereocenters. The number of amides is 3. The molecule has 4 rings (SSSR count). The smallest absolute Gasteiger partial charge is 0.313 e. The number of rotatable bonds is 5. The maximum atomic E-state index is 12.8. The predicted octanol–water partition coefficient (Wildman–Crippen LogP) is 3.76. The van der Waals surface area contributed by atoms with Crippen LogP contribution in [0.25, 0.3) is 11.0 Å². The Morgan fingerprint density at radius 2 is 1.81 bits per heavy atom. The molecule has 2 heterocycles. The average molecular weight is 452 g/mol. The number of hydrogen-bond donors (Lipinski definition) is 2. The molecule has 7 nitrogen and oxygen atoms in total. The van der Waals surface area contributed by atoms with Crippen LogP contribution in [0.2, 0.25) is 0 Å². The molecule has 0 aliphatic carbocycles. The van der Waals surface area contributed by atoms with E-state index in [2.05, 4.69) is 10.6 Å². The van der Waals surface area contributed by atoms with Crippen LogP contribution >= 0.6 is 11.8 Å². The van der Waals surface area contributed by atoms with Gasteiger partial charge in [-0.1, -0.05) is 24.3 Å². The van der Waals surface area contributed by atoms with Crippen molar-refractivity contribution in [1.29, 1.82) is 0 Å². The summed E-state index contributed by atoms with van der Waals surface area (Å²) in [5, 5.41) is 6.25. The zero-order valence-electron chi connectivity index (χ0n) is 17.8. The molecule has 1 saturated heterocycles. The van der Waals surface area contributed by atoms with Gasteiger partial charge >= 0.3 is 11.8 Å². The Kier molecular flexibility index (Phi) is 6.80. The molecule has 32 heavy (non-hydrogen) atoms. The molecule has 0 unspecified atom stereocenters. The minimum absolute atomic E-state index is 0.115. The Labute approximate surface area is 190 Å². The molecule has 0 spiro atoms. The van der Waals surface area contributed by atoms with E-state index >= 15 is 0 Å². The van der Waals surface area contributed by atoms with E-state index in [1.165, 1.54) is 0 Å². The summed E-state index contributed by atoms with van der Waals surface area (Å²) in [6.45, 7) is 1.58. The first kappa shape index (κ1) is 22.0. The van der Waals surface area contributed by atoms with Crippen molar-refractivity contribution in [3.05, 3.63) is 60.4 Å². The number of carbonyl (C=O) groups excluding carboxylic acids is 3. The van der Waals surface area contributed by atoms with Gasteiger partial charge in [-0.25, -0.2) is 0 Å². The van der Waals surface area contributed by atoms with E-state index in [0.29, 0.717) is 36.7 Å². The van der Waals surface area contributed by atoms with Crippen LogP contribution < -0.4 is 10.6 Å². The number of thioether (sulfide) groups is 1. The zero-order valence-corrected chi connectivity index (χ0v) is 18.6. The number of fused-ring (bicyclic) bond motifs is 1. The number of piperidine rings is 1. The molecule has 3 aromatic rings. The summed E-state index contributed by atoms with van der Waals surface area (Å²) >= 11 is 1.56. The Morgan fingerprint density at radius 3 is 2.56 bits per heavy atom. The molecule has 0 radical (unpaired) electrons. The van der Waals surface area contributed by atoms with Crippen LogP contribution in [-0.2, 0) is 9.59 Å². The van der Waals surface area contributed by atoms with Crippen molar-refractivity contribution < 1.29 is 18.8 Å². The molecule has 166 valence electrons. The highest BCUT2D eigenvalue weighted by Gasteiger charge is 2.26. The molecule has 0 bridgehead atoms. The number of hydrogen-bond acceptors (Lipinski definition) is 5. The predicted molar refractivity (Wildman–Crippen MR) is 125 cm³/mol. The van der Waals surface area contributed by atoms with Crippen LogP contribution in [0.5, 0.6) is 0 Å². The van der Waals surface area contributed by atoms with E-state index in [1.54, 1.807) is 28.8 Å². The van der Waals surface area contributed by atoms with Gasteiger partial charge in [0.25, 0.3) is 5.91 Å². The van der Waals surface area contributed by atoms with Crippen LogP contribution in [-0.4, -0.2) is 48.5 Å². The maximum Gasteiger partial charge on any atom is 0.313 e. The largest absolute Gasteiger partial charge is 0.451 e. The fraction of sp³-hybridized carbons (Fsp3) is 0.292. The number of likely N-dealkylation sites (tertiary alicyclic amines) is 1. The molecule has 0 saturated carbocycles. The molecular weight excluding hydrogens is 426 g/mol. The second-order valence-electron chi connectivity index (χ2n) is 7.78. The Morgan fingerprint density at radius 1 is 1.03 bits per heavy atom. The highest BCUT2D eigenvalue weighted by Crippen LogP contribution is 2.23. The van der Waals surface area contributed by atoms with E-state index in [1.807, 2.05) is 48.7 Å². The molecule has 2 aromatic carbocycles. The van der Waals surface area contributed by atoms with Crippen LogP contribution in [0, 0.1) is 5.92 Å². The van der Waals surface area contributed by atoms with Gasteiger partial charge in [0.15, 0.2) is 5.76 Å². The molecule has 1 aliphatic heterocycles. The number of nitrogens with one attached hydrogen (secondary N) is 2. The minimum Gasteiger partial charge on any atom is -0.451 e. The SMILES string of the molecule is CSc1cccc(NC(=O)C(=O)NCC2CCN(C(=O)c3cc4ccccc4o3)CC2)c1. The van der Waals surface area contributed by atoms with E-state index in [0.717, 1.165) is 23.1 Å². The number of nitrogens with zero attached hydrogens (tertiary/aromatic N) is 1. The van der Waals surface area contributed by atoms with Gasteiger partial charge in [-0.3, -0.25) is 14.4 Å². The monoisotopic (exact) mass is 451 g/mol. The van der Waals surface area contributed by atoms with Crippen LogP contribution in [0.1, 0.15) is 23.4 Å². The van der Waals surface area contributed by atoms with Gasteiger partial charge in [-0.05, 0) is 55.3 Å². The number of para-hydroxylation sites is 1. The summed E-state index contributed by atoms with van der Waals surface area (Å²) in [5.41, 5.74) is 1.29. The molecule has 8 heteroatoms. The lowest BCUT2D eigenvalue weighted by Crippen LogP contribution is -2.43. The van der Waals surface area contributed by atoms with Crippen molar-refractivity contribution in [1.82, 2.24) is 10.2 Å². The van der Waals surface area contributed by atoms with Crippen molar-refractivity contribution >= 4 is 46.1 Å². The topological polar surface area (TPSA) is 91.7 Å². The number of furan rings is 1. The molecule has 2 N–H and O–H groups in total. The van der Waals surface area contributed by atoms with Gasteiger partial charge in [0.05, 0.1) is 0 Å². The first-order valence-corrected chi connectivity index (χ1v) is 11.8. The fourth-order valence-corrected chi connectivity index (χ4v) is 4.25. The van der Waals surface area contributed by atoms with Crippen molar-refractivity contribution in [3.8, 4) is 0 Å². The maximum absolute atomic E-state index is 12.8. The van der Waals surface area contributed by atoms with Gasteiger partial charge in [0.1, 0.15) is 5.58 Å². The summed E-state index contributed by atoms with van der Waals surface area (Å²) < 4.78 is 5.68.